The highest BCUT2D eigenvalue weighted by molar-refractivity contribution is 5.47. The number of benzene rings is 1. The average Bonchev–Trinajstić information content (AvgIpc) is 2.22. The van der Waals surface area contributed by atoms with Gasteiger partial charge in [0.05, 0.1) is 0 Å². The van der Waals surface area contributed by atoms with E-state index in [-0.39, 0.29) is 0 Å². The number of rotatable bonds is 2. The second-order valence-corrected chi connectivity index (χ2v) is 4.45. The molecule has 0 N–H and O–H groups in total. The lowest BCUT2D eigenvalue weighted by Gasteiger charge is -2.24. The Morgan fingerprint density at radius 3 is 3.00 bits per heavy atom. The molecule has 1 nitrogen and oxygen atoms in total. The third-order valence-corrected chi connectivity index (χ3v) is 3.21. The van der Waals surface area contributed by atoms with Crippen molar-refractivity contribution >= 4 is 0 Å². The minimum atomic E-state index is -0.729. The maximum absolute atomic E-state index is 12.3. The zero-order valence-electron chi connectivity index (χ0n) is 9.35. The zero-order chi connectivity index (χ0) is 10.8. The highest BCUT2D eigenvalue weighted by Gasteiger charge is 2.19. The molecular weight excluding hydrogens is 191 g/mol. The number of hydrogen-bond acceptors (Lipinski definition) is 1. The van der Waals surface area contributed by atoms with Crippen LogP contribution in [0.5, 0.6) is 5.75 Å². The summed E-state index contributed by atoms with van der Waals surface area (Å²) in [6, 6.07) is 4.19. The first-order valence-corrected chi connectivity index (χ1v) is 5.52. The van der Waals surface area contributed by atoms with Gasteiger partial charge >= 0.3 is 0 Å². The van der Waals surface area contributed by atoms with Crippen molar-refractivity contribution < 1.29 is 9.13 Å². The van der Waals surface area contributed by atoms with E-state index in [1.807, 2.05) is 13.0 Å². The second kappa shape index (κ2) is 4.21. The van der Waals surface area contributed by atoms with Crippen molar-refractivity contribution in [3.05, 3.63) is 28.8 Å². The summed E-state index contributed by atoms with van der Waals surface area (Å²) < 4.78 is 17.4. The Balaban J connectivity index is 2.41. The SMILES string of the molecule is Cc1ccc2c(c1OCF)CCC(C)C2. The molecule has 0 radical (unpaired) electrons. The summed E-state index contributed by atoms with van der Waals surface area (Å²) in [6.07, 6.45) is 3.30. The predicted octanol–water partition coefficient (Wildman–Crippen LogP) is 3.43. The summed E-state index contributed by atoms with van der Waals surface area (Å²) in [6.45, 7) is 3.51. The van der Waals surface area contributed by atoms with Crippen LogP contribution in [0.1, 0.15) is 30.0 Å². The quantitative estimate of drug-likeness (QED) is 0.723. The van der Waals surface area contributed by atoms with Crippen LogP contribution in [0.25, 0.3) is 0 Å². The second-order valence-electron chi connectivity index (χ2n) is 4.45. The van der Waals surface area contributed by atoms with Crippen LogP contribution in [0.2, 0.25) is 0 Å². The topological polar surface area (TPSA) is 9.23 Å². The molecule has 1 aromatic rings. The van der Waals surface area contributed by atoms with E-state index in [1.165, 1.54) is 17.5 Å². The van der Waals surface area contributed by atoms with Crippen LogP contribution in [0.15, 0.2) is 12.1 Å². The number of fused-ring (bicyclic) bond motifs is 1. The van der Waals surface area contributed by atoms with Gasteiger partial charge in [-0.2, -0.15) is 0 Å². The molecule has 0 bridgehead atoms. The molecule has 0 aliphatic heterocycles. The van der Waals surface area contributed by atoms with Gasteiger partial charge < -0.3 is 4.74 Å². The standard InChI is InChI=1S/C13H17FO/c1-9-3-6-12-11(7-9)5-4-10(2)13(12)15-8-14/h4-5,9H,3,6-8H2,1-2H3. The third kappa shape index (κ3) is 1.99. The summed E-state index contributed by atoms with van der Waals surface area (Å²) in [4.78, 5) is 0. The van der Waals surface area contributed by atoms with Crippen LogP contribution in [-0.4, -0.2) is 6.86 Å². The van der Waals surface area contributed by atoms with Gasteiger partial charge in [-0.05, 0) is 48.8 Å². The van der Waals surface area contributed by atoms with Crippen molar-refractivity contribution in [1.82, 2.24) is 0 Å². The molecule has 2 rings (SSSR count). The number of alkyl halides is 1. The Morgan fingerprint density at radius 1 is 1.47 bits per heavy atom. The van der Waals surface area contributed by atoms with Crippen molar-refractivity contribution in [3.8, 4) is 5.75 Å². The smallest absolute Gasteiger partial charge is 0.228 e. The Hall–Kier alpha value is -1.05. The lowest BCUT2D eigenvalue weighted by atomic mass is 9.83. The first kappa shape index (κ1) is 10.5. The van der Waals surface area contributed by atoms with Crippen molar-refractivity contribution in [2.75, 3.05) is 6.86 Å². The maximum Gasteiger partial charge on any atom is 0.228 e. The molecule has 0 spiro atoms. The van der Waals surface area contributed by atoms with E-state index in [1.54, 1.807) is 0 Å². The Morgan fingerprint density at radius 2 is 2.27 bits per heavy atom. The maximum atomic E-state index is 12.3. The molecule has 1 aliphatic carbocycles. The van der Waals surface area contributed by atoms with Crippen molar-refractivity contribution in [3.63, 3.8) is 0 Å². The average molecular weight is 208 g/mol. The van der Waals surface area contributed by atoms with E-state index < -0.39 is 6.86 Å². The highest BCUT2D eigenvalue weighted by Crippen LogP contribution is 2.34. The summed E-state index contributed by atoms with van der Waals surface area (Å²) in [7, 11) is 0. The monoisotopic (exact) mass is 208 g/mol. The van der Waals surface area contributed by atoms with Crippen molar-refractivity contribution in [2.24, 2.45) is 5.92 Å². The van der Waals surface area contributed by atoms with Crippen LogP contribution in [-0.2, 0) is 12.8 Å². The largest absolute Gasteiger partial charge is 0.462 e. The number of halogens is 1. The fourth-order valence-electron chi connectivity index (χ4n) is 2.37. The Kier molecular flexibility index (Phi) is 2.94. The molecule has 82 valence electrons. The summed E-state index contributed by atoms with van der Waals surface area (Å²) in [5, 5.41) is 0. The Labute approximate surface area is 90.3 Å². The fourth-order valence-corrected chi connectivity index (χ4v) is 2.37. The van der Waals surface area contributed by atoms with Gasteiger partial charge in [-0.15, -0.1) is 0 Å². The molecule has 1 aliphatic rings. The number of aryl methyl sites for hydroxylation is 1. The first-order chi connectivity index (χ1) is 7.22. The molecule has 0 fully saturated rings. The van der Waals surface area contributed by atoms with Gasteiger partial charge in [-0.1, -0.05) is 19.1 Å². The van der Waals surface area contributed by atoms with Gasteiger partial charge in [0.2, 0.25) is 6.86 Å². The molecule has 1 unspecified atom stereocenters. The van der Waals surface area contributed by atoms with E-state index in [9.17, 15) is 4.39 Å². The van der Waals surface area contributed by atoms with Crippen LogP contribution in [0.4, 0.5) is 4.39 Å². The van der Waals surface area contributed by atoms with Gasteiger partial charge in [-0.25, -0.2) is 4.39 Å². The molecule has 0 heterocycles. The van der Waals surface area contributed by atoms with E-state index in [0.717, 1.165) is 30.1 Å². The molecule has 0 saturated carbocycles. The lowest BCUT2D eigenvalue weighted by molar-refractivity contribution is 0.188. The van der Waals surface area contributed by atoms with Crippen LogP contribution < -0.4 is 4.74 Å². The minimum absolute atomic E-state index is 0.729. The summed E-state index contributed by atoms with van der Waals surface area (Å²) >= 11 is 0. The van der Waals surface area contributed by atoms with Gasteiger partial charge in [0.15, 0.2) is 0 Å². The van der Waals surface area contributed by atoms with Crippen LogP contribution in [0.3, 0.4) is 0 Å². The molecule has 15 heavy (non-hydrogen) atoms. The molecular formula is C13H17FO. The molecule has 0 aromatic heterocycles. The summed E-state index contributed by atoms with van der Waals surface area (Å²) in [5.74, 6) is 1.51. The van der Waals surface area contributed by atoms with E-state index in [0.29, 0.717) is 0 Å². The molecule has 1 aromatic carbocycles. The van der Waals surface area contributed by atoms with Crippen LogP contribution >= 0.6 is 0 Å². The van der Waals surface area contributed by atoms with E-state index in [4.69, 9.17) is 4.74 Å². The molecule has 0 amide bonds. The summed E-state index contributed by atoms with van der Waals surface area (Å²) in [5.41, 5.74) is 3.61. The van der Waals surface area contributed by atoms with Crippen molar-refractivity contribution in [1.29, 1.82) is 0 Å². The van der Waals surface area contributed by atoms with Gasteiger partial charge in [0, 0.05) is 0 Å². The predicted molar refractivity (Wildman–Crippen MR) is 59.0 cm³/mol. The van der Waals surface area contributed by atoms with Crippen LogP contribution in [0, 0.1) is 12.8 Å². The first-order valence-electron chi connectivity index (χ1n) is 5.52. The normalized spacial score (nSPS) is 19.8. The number of ether oxygens (including phenoxy) is 1. The third-order valence-electron chi connectivity index (χ3n) is 3.21. The minimum Gasteiger partial charge on any atom is -0.462 e. The number of hydrogen-bond donors (Lipinski definition) is 0. The molecule has 2 heteroatoms. The lowest BCUT2D eigenvalue weighted by Crippen LogP contribution is -2.13. The van der Waals surface area contributed by atoms with Gasteiger partial charge in [0.1, 0.15) is 5.75 Å². The molecule has 0 saturated heterocycles. The van der Waals surface area contributed by atoms with Crippen molar-refractivity contribution in [2.45, 2.75) is 33.1 Å². The van der Waals surface area contributed by atoms with E-state index in [2.05, 4.69) is 13.0 Å². The Bertz CT molecular complexity index is 360. The van der Waals surface area contributed by atoms with Gasteiger partial charge in [0.25, 0.3) is 0 Å². The van der Waals surface area contributed by atoms with Gasteiger partial charge in [-0.3, -0.25) is 0 Å². The molecule has 1 atom stereocenters. The van der Waals surface area contributed by atoms with E-state index >= 15 is 0 Å². The fraction of sp³-hybridized carbons (Fsp3) is 0.538. The highest BCUT2D eigenvalue weighted by atomic mass is 19.1. The zero-order valence-corrected chi connectivity index (χ0v) is 9.35.